The molecule has 26 heavy (non-hydrogen) atoms. The summed E-state index contributed by atoms with van der Waals surface area (Å²) in [5, 5.41) is 6.54. The second-order valence-corrected chi connectivity index (χ2v) is 7.47. The fraction of sp³-hybridized carbons (Fsp3) is 0.421. The SMILES string of the molecule is NCCCCNC(=O)c1c(NC(=O)c2cccnc2)sc2c1CCCC2. The van der Waals surface area contributed by atoms with Crippen LogP contribution in [0.5, 0.6) is 0 Å². The number of pyridine rings is 1. The predicted molar refractivity (Wildman–Crippen MR) is 104 cm³/mol. The molecule has 0 unspecified atom stereocenters. The van der Waals surface area contributed by atoms with Crippen molar-refractivity contribution in [1.29, 1.82) is 0 Å². The molecule has 0 radical (unpaired) electrons. The second-order valence-electron chi connectivity index (χ2n) is 6.36. The Bertz CT molecular complexity index is 773. The number of thiophene rings is 1. The number of aryl methyl sites for hydroxylation is 1. The van der Waals surface area contributed by atoms with Crippen molar-refractivity contribution >= 4 is 28.2 Å². The van der Waals surface area contributed by atoms with Crippen molar-refractivity contribution in [3.05, 3.63) is 46.1 Å². The van der Waals surface area contributed by atoms with Crippen molar-refractivity contribution < 1.29 is 9.59 Å². The van der Waals surface area contributed by atoms with E-state index in [1.165, 1.54) is 22.4 Å². The highest BCUT2D eigenvalue weighted by Crippen LogP contribution is 2.38. The maximum Gasteiger partial charge on any atom is 0.257 e. The van der Waals surface area contributed by atoms with Gasteiger partial charge in [-0.15, -0.1) is 11.3 Å². The van der Waals surface area contributed by atoms with E-state index in [0.717, 1.165) is 44.1 Å². The molecule has 7 heteroatoms. The third-order valence-electron chi connectivity index (χ3n) is 4.47. The van der Waals surface area contributed by atoms with Gasteiger partial charge < -0.3 is 16.4 Å². The van der Waals surface area contributed by atoms with Crippen LogP contribution in [0.1, 0.15) is 56.8 Å². The van der Waals surface area contributed by atoms with E-state index in [1.54, 1.807) is 18.3 Å². The van der Waals surface area contributed by atoms with Gasteiger partial charge in [-0.25, -0.2) is 0 Å². The number of amides is 2. The number of fused-ring (bicyclic) bond motifs is 1. The Morgan fingerprint density at radius 3 is 2.81 bits per heavy atom. The molecule has 1 aliphatic rings. The molecule has 138 valence electrons. The van der Waals surface area contributed by atoms with E-state index in [1.807, 2.05) is 0 Å². The van der Waals surface area contributed by atoms with Crippen LogP contribution >= 0.6 is 11.3 Å². The molecule has 3 rings (SSSR count). The second kappa shape index (κ2) is 8.91. The number of carbonyl (C=O) groups is 2. The highest BCUT2D eigenvalue weighted by Gasteiger charge is 2.26. The molecule has 4 N–H and O–H groups in total. The standard InChI is InChI=1S/C19H24N4O2S/c20-9-3-4-11-22-18(25)16-14-7-1-2-8-15(14)26-19(16)23-17(24)13-6-5-10-21-12-13/h5-6,10,12H,1-4,7-9,11,20H2,(H,22,25)(H,23,24). The van der Waals surface area contributed by atoms with Gasteiger partial charge in [0.25, 0.3) is 11.8 Å². The number of rotatable bonds is 7. The van der Waals surface area contributed by atoms with Gasteiger partial charge in [0.1, 0.15) is 5.00 Å². The van der Waals surface area contributed by atoms with Gasteiger partial charge in [-0.2, -0.15) is 0 Å². The van der Waals surface area contributed by atoms with E-state index in [-0.39, 0.29) is 11.8 Å². The van der Waals surface area contributed by atoms with Crippen LogP contribution in [-0.2, 0) is 12.8 Å². The molecule has 0 saturated heterocycles. The zero-order valence-corrected chi connectivity index (χ0v) is 15.5. The Labute approximate surface area is 157 Å². The van der Waals surface area contributed by atoms with Crippen molar-refractivity contribution in [2.45, 2.75) is 38.5 Å². The van der Waals surface area contributed by atoms with Crippen LogP contribution < -0.4 is 16.4 Å². The zero-order chi connectivity index (χ0) is 18.4. The number of nitrogens with one attached hydrogen (secondary N) is 2. The van der Waals surface area contributed by atoms with Gasteiger partial charge in [0.2, 0.25) is 0 Å². The number of carbonyl (C=O) groups excluding carboxylic acids is 2. The predicted octanol–water partition coefficient (Wildman–Crippen LogP) is 2.74. The Hall–Kier alpha value is -2.25. The van der Waals surface area contributed by atoms with Crippen molar-refractivity contribution in [2.75, 3.05) is 18.4 Å². The van der Waals surface area contributed by atoms with Crippen molar-refractivity contribution in [2.24, 2.45) is 5.73 Å². The molecule has 2 aromatic rings. The van der Waals surface area contributed by atoms with Crippen LogP contribution in [0.3, 0.4) is 0 Å². The van der Waals surface area contributed by atoms with Gasteiger partial charge in [-0.1, -0.05) is 0 Å². The van der Waals surface area contributed by atoms with Gasteiger partial charge in [-0.05, 0) is 62.8 Å². The van der Waals surface area contributed by atoms with Crippen molar-refractivity contribution in [3.8, 4) is 0 Å². The number of hydrogen-bond donors (Lipinski definition) is 3. The summed E-state index contributed by atoms with van der Waals surface area (Å²) in [6.45, 7) is 1.22. The first-order chi connectivity index (χ1) is 12.7. The summed E-state index contributed by atoms with van der Waals surface area (Å²) in [5.74, 6) is -0.350. The van der Waals surface area contributed by atoms with Crippen LogP contribution in [0.2, 0.25) is 0 Å². The molecule has 0 atom stereocenters. The topological polar surface area (TPSA) is 97.1 Å². The molecule has 0 aromatic carbocycles. The third-order valence-corrected chi connectivity index (χ3v) is 5.67. The maximum absolute atomic E-state index is 12.8. The Kier molecular flexibility index (Phi) is 6.35. The molecule has 0 spiro atoms. The highest BCUT2D eigenvalue weighted by atomic mass is 32.1. The summed E-state index contributed by atoms with van der Waals surface area (Å²) in [4.78, 5) is 30.5. The van der Waals surface area contributed by atoms with E-state index in [2.05, 4.69) is 15.6 Å². The maximum atomic E-state index is 12.8. The lowest BCUT2D eigenvalue weighted by molar-refractivity contribution is 0.0953. The van der Waals surface area contributed by atoms with E-state index in [4.69, 9.17) is 5.73 Å². The van der Waals surface area contributed by atoms with Crippen LogP contribution in [0, 0.1) is 0 Å². The molecule has 0 bridgehead atoms. The first-order valence-electron chi connectivity index (χ1n) is 9.05. The van der Waals surface area contributed by atoms with Gasteiger partial charge in [-0.3, -0.25) is 14.6 Å². The van der Waals surface area contributed by atoms with Crippen molar-refractivity contribution in [3.63, 3.8) is 0 Å². The Morgan fingerprint density at radius 2 is 2.04 bits per heavy atom. The van der Waals surface area contributed by atoms with Gasteiger partial charge in [0, 0.05) is 23.8 Å². The highest BCUT2D eigenvalue weighted by molar-refractivity contribution is 7.17. The summed E-state index contributed by atoms with van der Waals surface area (Å²) in [6.07, 6.45) is 8.94. The number of hydrogen-bond acceptors (Lipinski definition) is 5. The Morgan fingerprint density at radius 1 is 1.19 bits per heavy atom. The normalized spacial score (nSPS) is 13.1. The molecule has 0 saturated carbocycles. The zero-order valence-electron chi connectivity index (χ0n) is 14.7. The van der Waals surface area contributed by atoms with E-state index >= 15 is 0 Å². The van der Waals surface area contributed by atoms with Gasteiger partial charge in [0.05, 0.1) is 11.1 Å². The number of anilines is 1. The van der Waals surface area contributed by atoms with Gasteiger partial charge >= 0.3 is 0 Å². The quantitative estimate of drug-likeness (QED) is 0.651. The fourth-order valence-corrected chi connectivity index (χ4v) is 4.41. The van der Waals surface area contributed by atoms with Crippen molar-refractivity contribution in [1.82, 2.24) is 10.3 Å². The van der Waals surface area contributed by atoms with E-state index in [9.17, 15) is 9.59 Å². The molecule has 2 heterocycles. The number of nitrogens with two attached hydrogens (primary N) is 1. The first-order valence-corrected chi connectivity index (χ1v) is 9.86. The van der Waals surface area contributed by atoms with Crippen LogP contribution in [0.4, 0.5) is 5.00 Å². The lowest BCUT2D eigenvalue weighted by Crippen LogP contribution is -2.27. The van der Waals surface area contributed by atoms with Crippen LogP contribution in [0.25, 0.3) is 0 Å². The molecule has 2 amide bonds. The smallest absolute Gasteiger partial charge is 0.257 e. The van der Waals surface area contributed by atoms with Crippen LogP contribution in [0.15, 0.2) is 24.5 Å². The molecule has 0 aliphatic heterocycles. The minimum absolute atomic E-state index is 0.108. The molecular formula is C19H24N4O2S. The minimum atomic E-state index is -0.242. The molecule has 6 nitrogen and oxygen atoms in total. The average molecular weight is 372 g/mol. The first kappa shape index (κ1) is 18.5. The van der Waals surface area contributed by atoms with E-state index < -0.39 is 0 Å². The summed E-state index contributed by atoms with van der Waals surface area (Å²) < 4.78 is 0. The molecule has 1 aliphatic carbocycles. The fourth-order valence-electron chi connectivity index (χ4n) is 3.13. The summed E-state index contributed by atoms with van der Waals surface area (Å²) in [6, 6.07) is 3.43. The summed E-state index contributed by atoms with van der Waals surface area (Å²) in [7, 11) is 0. The lowest BCUT2D eigenvalue weighted by Gasteiger charge is -2.13. The third kappa shape index (κ3) is 4.28. The molecule has 2 aromatic heterocycles. The number of aromatic nitrogens is 1. The monoisotopic (exact) mass is 372 g/mol. The Balaban J connectivity index is 1.81. The largest absolute Gasteiger partial charge is 0.352 e. The molecular weight excluding hydrogens is 348 g/mol. The number of nitrogens with zero attached hydrogens (tertiary/aromatic N) is 1. The lowest BCUT2D eigenvalue weighted by atomic mass is 9.95. The molecule has 0 fully saturated rings. The summed E-state index contributed by atoms with van der Waals surface area (Å²) in [5.41, 5.74) is 7.71. The summed E-state index contributed by atoms with van der Waals surface area (Å²) >= 11 is 1.52. The van der Waals surface area contributed by atoms with E-state index in [0.29, 0.717) is 29.2 Å². The number of unbranched alkanes of at least 4 members (excludes halogenated alkanes) is 1. The minimum Gasteiger partial charge on any atom is -0.352 e. The average Bonchev–Trinajstić information content (AvgIpc) is 3.03. The van der Waals surface area contributed by atoms with Gasteiger partial charge in [0.15, 0.2) is 0 Å². The van der Waals surface area contributed by atoms with Crippen LogP contribution in [-0.4, -0.2) is 29.9 Å².